The van der Waals surface area contributed by atoms with Crippen LogP contribution in [0.5, 0.6) is 0 Å². The number of aryl methyl sites for hydroxylation is 1. The Bertz CT molecular complexity index is 536. The Morgan fingerprint density at radius 3 is 3.00 bits per heavy atom. The van der Waals surface area contributed by atoms with Crippen molar-refractivity contribution in [1.29, 1.82) is 0 Å². The minimum Gasteiger partial charge on any atom is -0.316 e. The summed E-state index contributed by atoms with van der Waals surface area (Å²) >= 11 is 0. The van der Waals surface area contributed by atoms with Crippen molar-refractivity contribution in [2.75, 3.05) is 23.6 Å². The van der Waals surface area contributed by atoms with E-state index in [1.165, 1.54) is 0 Å². The van der Waals surface area contributed by atoms with Crippen LogP contribution in [0.2, 0.25) is 0 Å². The van der Waals surface area contributed by atoms with Crippen LogP contribution in [0.1, 0.15) is 23.6 Å². The molecule has 17 heavy (non-hydrogen) atoms. The average Bonchev–Trinajstić information content (AvgIpc) is 2.80. The molecule has 2 aliphatic heterocycles. The van der Waals surface area contributed by atoms with Gasteiger partial charge in [0.25, 0.3) is 0 Å². The van der Waals surface area contributed by atoms with Gasteiger partial charge in [0.05, 0.1) is 5.75 Å². The van der Waals surface area contributed by atoms with E-state index in [0.29, 0.717) is 18.2 Å². The maximum Gasteiger partial charge on any atom is 0.234 e. The highest BCUT2D eigenvalue weighted by Gasteiger charge is 2.24. The highest BCUT2D eigenvalue weighted by Crippen LogP contribution is 2.26. The van der Waals surface area contributed by atoms with Crippen molar-refractivity contribution in [2.24, 2.45) is 0 Å². The predicted octanol–water partition coefficient (Wildman–Crippen LogP) is 0.456. The number of fused-ring (bicyclic) bond motifs is 1. The van der Waals surface area contributed by atoms with Crippen molar-refractivity contribution in [3.8, 4) is 0 Å². The fourth-order valence-corrected chi connectivity index (χ4v) is 3.43. The zero-order chi connectivity index (χ0) is 11.9. The van der Waals surface area contributed by atoms with Gasteiger partial charge in [-0.1, -0.05) is 6.07 Å². The van der Waals surface area contributed by atoms with Gasteiger partial charge < -0.3 is 5.32 Å². The van der Waals surface area contributed by atoms with E-state index in [0.717, 1.165) is 30.8 Å². The molecular formula is C11H15N3O2S. The fraction of sp³-hybridized carbons (Fsp3) is 0.545. The van der Waals surface area contributed by atoms with E-state index in [1.807, 2.05) is 12.1 Å². The van der Waals surface area contributed by atoms with E-state index in [4.69, 9.17) is 0 Å². The zero-order valence-electron chi connectivity index (χ0n) is 9.44. The summed E-state index contributed by atoms with van der Waals surface area (Å²) in [7, 11) is -3.16. The van der Waals surface area contributed by atoms with E-state index in [1.54, 1.807) is 0 Å². The molecule has 0 bridgehead atoms. The first-order valence-corrected chi connectivity index (χ1v) is 7.50. The van der Waals surface area contributed by atoms with Crippen LogP contribution in [0.25, 0.3) is 0 Å². The molecule has 2 N–H and O–H groups in total. The number of nitrogens with zero attached hydrogens (tertiary/aromatic N) is 1. The number of hydrogen-bond acceptors (Lipinski definition) is 4. The van der Waals surface area contributed by atoms with Gasteiger partial charge in [-0.2, -0.15) is 0 Å². The Morgan fingerprint density at radius 1 is 1.35 bits per heavy atom. The maximum absolute atomic E-state index is 11.5. The summed E-state index contributed by atoms with van der Waals surface area (Å²) in [5, 5.41) is 3.29. The third kappa shape index (κ3) is 2.14. The van der Waals surface area contributed by atoms with Gasteiger partial charge in [0, 0.05) is 18.2 Å². The maximum atomic E-state index is 11.5. The molecule has 0 amide bonds. The van der Waals surface area contributed by atoms with E-state index in [9.17, 15) is 8.42 Å². The highest BCUT2D eigenvalue weighted by molar-refractivity contribution is 7.92. The van der Waals surface area contributed by atoms with Gasteiger partial charge in [0.2, 0.25) is 10.0 Å². The third-order valence-corrected chi connectivity index (χ3v) is 4.62. The van der Waals surface area contributed by atoms with Gasteiger partial charge in [0.1, 0.15) is 5.82 Å². The minimum atomic E-state index is -3.16. The largest absolute Gasteiger partial charge is 0.316 e. The molecule has 1 aromatic heterocycles. The summed E-state index contributed by atoms with van der Waals surface area (Å²) in [5.41, 5.74) is 1.98. The Balaban J connectivity index is 1.95. The number of rotatable bonds is 1. The molecule has 1 fully saturated rings. The molecule has 0 saturated carbocycles. The van der Waals surface area contributed by atoms with Gasteiger partial charge in [-0.25, -0.2) is 13.4 Å². The molecular weight excluding hydrogens is 238 g/mol. The summed E-state index contributed by atoms with van der Waals surface area (Å²) in [6.45, 7) is 1.94. The molecule has 92 valence electrons. The lowest BCUT2D eigenvalue weighted by atomic mass is 10.0. The minimum absolute atomic E-state index is 0.159. The number of pyridine rings is 1. The lowest BCUT2D eigenvalue weighted by molar-refractivity contribution is 0.598. The van der Waals surface area contributed by atoms with Crippen molar-refractivity contribution in [3.05, 3.63) is 23.4 Å². The molecule has 0 aliphatic carbocycles. The molecule has 2 aliphatic rings. The first-order valence-electron chi connectivity index (χ1n) is 5.85. The molecule has 0 spiro atoms. The Hall–Kier alpha value is -1.14. The SMILES string of the molecule is O=S1(=O)CCc2ccc(C3CCNC3)nc2N1. The smallest absolute Gasteiger partial charge is 0.234 e. The van der Waals surface area contributed by atoms with Gasteiger partial charge in [-0.05, 0) is 31.0 Å². The van der Waals surface area contributed by atoms with Crippen LogP contribution in [0.4, 0.5) is 5.82 Å². The van der Waals surface area contributed by atoms with Gasteiger partial charge in [-0.3, -0.25) is 4.72 Å². The standard InChI is InChI=1S/C11H15N3O2S/c15-17(16)6-4-8-1-2-10(13-11(8)14-17)9-3-5-12-7-9/h1-2,9,12H,3-7H2,(H,13,14). The predicted molar refractivity (Wildman–Crippen MR) is 65.6 cm³/mol. The summed E-state index contributed by atoms with van der Waals surface area (Å²) in [5.74, 6) is 1.10. The second kappa shape index (κ2) is 3.96. The molecule has 3 rings (SSSR count). The monoisotopic (exact) mass is 253 g/mol. The quantitative estimate of drug-likeness (QED) is 0.762. The first-order chi connectivity index (χ1) is 8.14. The fourth-order valence-electron chi connectivity index (χ4n) is 2.37. The zero-order valence-corrected chi connectivity index (χ0v) is 10.3. The van der Waals surface area contributed by atoms with Gasteiger partial charge in [-0.15, -0.1) is 0 Å². The number of hydrogen-bond donors (Lipinski definition) is 2. The van der Waals surface area contributed by atoms with Gasteiger partial charge in [0.15, 0.2) is 0 Å². The molecule has 1 atom stereocenters. The molecule has 1 aromatic rings. The van der Waals surface area contributed by atoms with Crippen molar-refractivity contribution in [1.82, 2.24) is 10.3 Å². The summed E-state index contributed by atoms with van der Waals surface area (Å²) < 4.78 is 25.5. The second-order valence-electron chi connectivity index (χ2n) is 4.60. The molecule has 3 heterocycles. The van der Waals surface area contributed by atoms with Crippen molar-refractivity contribution in [2.45, 2.75) is 18.8 Å². The Labute approximate surface area is 101 Å². The highest BCUT2D eigenvalue weighted by atomic mass is 32.2. The second-order valence-corrected chi connectivity index (χ2v) is 6.45. The van der Waals surface area contributed by atoms with Crippen LogP contribution in [-0.2, 0) is 16.4 Å². The first kappa shape index (κ1) is 11.0. The van der Waals surface area contributed by atoms with Crippen LogP contribution >= 0.6 is 0 Å². The number of nitrogens with one attached hydrogen (secondary N) is 2. The van der Waals surface area contributed by atoms with Crippen molar-refractivity contribution < 1.29 is 8.42 Å². The number of sulfonamides is 1. The normalized spacial score (nSPS) is 26.2. The van der Waals surface area contributed by atoms with Crippen LogP contribution in [0, 0.1) is 0 Å². The van der Waals surface area contributed by atoms with Crippen LogP contribution in [0.3, 0.4) is 0 Å². The third-order valence-electron chi connectivity index (χ3n) is 3.37. The molecule has 5 nitrogen and oxygen atoms in total. The van der Waals surface area contributed by atoms with E-state index < -0.39 is 10.0 Å². The summed E-state index contributed by atoms with van der Waals surface area (Å²) in [6, 6.07) is 4.02. The summed E-state index contributed by atoms with van der Waals surface area (Å²) in [6.07, 6.45) is 1.62. The number of aromatic nitrogens is 1. The lowest BCUT2D eigenvalue weighted by Gasteiger charge is -2.19. The van der Waals surface area contributed by atoms with E-state index in [2.05, 4.69) is 15.0 Å². The molecule has 1 unspecified atom stereocenters. The molecule has 0 aromatic carbocycles. The Morgan fingerprint density at radius 2 is 2.24 bits per heavy atom. The van der Waals surface area contributed by atoms with Gasteiger partial charge >= 0.3 is 0 Å². The average molecular weight is 253 g/mol. The molecule has 6 heteroatoms. The van der Waals surface area contributed by atoms with E-state index in [-0.39, 0.29) is 5.75 Å². The summed E-state index contributed by atoms with van der Waals surface area (Å²) in [4.78, 5) is 4.46. The topological polar surface area (TPSA) is 71.1 Å². The van der Waals surface area contributed by atoms with Crippen LogP contribution in [0.15, 0.2) is 12.1 Å². The van der Waals surface area contributed by atoms with Crippen molar-refractivity contribution >= 4 is 15.8 Å². The van der Waals surface area contributed by atoms with Crippen LogP contribution in [-0.4, -0.2) is 32.2 Å². The van der Waals surface area contributed by atoms with E-state index >= 15 is 0 Å². The number of anilines is 1. The van der Waals surface area contributed by atoms with Crippen molar-refractivity contribution in [3.63, 3.8) is 0 Å². The molecule has 1 saturated heterocycles. The van der Waals surface area contributed by atoms with Crippen LogP contribution < -0.4 is 10.0 Å². The Kier molecular flexibility index (Phi) is 2.56. The lowest BCUT2D eigenvalue weighted by Crippen LogP contribution is -2.25. The molecule has 0 radical (unpaired) electrons.